The summed E-state index contributed by atoms with van der Waals surface area (Å²) in [6.07, 6.45) is 1.15. The number of anilines is 1. The number of hydrogen-bond donors (Lipinski definition) is 1. The average Bonchev–Trinajstić information content (AvgIpc) is 2.26. The van der Waals surface area contributed by atoms with Crippen molar-refractivity contribution < 1.29 is 18.1 Å². The molecule has 106 valence electrons. The number of nitro benzene ring substituents is 1. The molecule has 0 heterocycles. The van der Waals surface area contributed by atoms with E-state index in [0.717, 1.165) is 6.26 Å². The van der Waals surface area contributed by atoms with Crippen molar-refractivity contribution in [2.45, 2.75) is 13.0 Å². The molecule has 8 heteroatoms. The van der Waals surface area contributed by atoms with E-state index in [9.17, 15) is 18.5 Å². The van der Waals surface area contributed by atoms with Crippen molar-refractivity contribution in [2.24, 2.45) is 0 Å². The number of hydrogen-bond acceptors (Lipinski definition) is 6. The fourth-order valence-corrected chi connectivity index (χ4v) is 2.67. The molecule has 1 rings (SSSR count). The van der Waals surface area contributed by atoms with Gasteiger partial charge < -0.3 is 10.1 Å². The minimum atomic E-state index is -3.10. The quantitative estimate of drug-likeness (QED) is 0.628. The maximum atomic E-state index is 11.2. The summed E-state index contributed by atoms with van der Waals surface area (Å²) >= 11 is 0. The molecular weight excluding hydrogens is 272 g/mol. The summed E-state index contributed by atoms with van der Waals surface area (Å²) in [7, 11) is -1.70. The van der Waals surface area contributed by atoms with Crippen LogP contribution in [0.3, 0.4) is 0 Å². The largest absolute Gasteiger partial charge is 0.494 e. The van der Waals surface area contributed by atoms with Crippen molar-refractivity contribution >= 4 is 21.2 Å². The minimum Gasteiger partial charge on any atom is -0.494 e. The van der Waals surface area contributed by atoms with Gasteiger partial charge in [-0.25, -0.2) is 8.42 Å². The molecule has 19 heavy (non-hydrogen) atoms. The van der Waals surface area contributed by atoms with Crippen molar-refractivity contribution in [1.29, 1.82) is 0 Å². The SMILES string of the molecule is COc1cc([N+](=O)[O-])ccc1NC(C)CS(C)(=O)=O. The van der Waals surface area contributed by atoms with Gasteiger partial charge in [-0.1, -0.05) is 0 Å². The first-order valence-corrected chi connectivity index (χ1v) is 7.55. The molecule has 0 aliphatic heterocycles. The van der Waals surface area contributed by atoms with Crippen LogP contribution in [0.5, 0.6) is 5.75 Å². The lowest BCUT2D eigenvalue weighted by Crippen LogP contribution is -2.25. The van der Waals surface area contributed by atoms with Crippen LogP contribution in [0, 0.1) is 10.1 Å². The summed E-state index contributed by atoms with van der Waals surface area (Å²) in [6, 6.07) is 3.79. The predicted molar refractivity (Wildman–Crippen MR) is 72.4 cm³/mol. The Hall–Kier alpha value is -1.83. The summed E-state index contributed by atoms with van der Waals surface area (Å²) in [5, 5.41) is 13.6. The number of nitrogens with one attached hydrogen (secondary N) is 1. The molecule has 1 atom stereocenters. The molecule has 0 radical (unpaired) electrons. The van der Waals surface area contributed by atoms with Crippen LogP contribution in [0.4, 0.5) is 11.4 Å². The first kappa shape index (κ1) is 15.2. The van der Waals surface area contributed by atoms with Crippen molar-refractivity contribution in [1.82, 2.24) is 0 Å². The molecule has 0 aliphatic carbocycles. The van der Waals surface area contributed by atoms with Gasteiger partial charge in [0.15, 0.2) is 0 Å². The molecule has 0 fully saturated rings. The third-order valence-corrected chi connectivity index (χ3v) is 3.46. The Morgan fingerprint density at radius 1 is 1.47 bits per heavy atom. The highest BCUT2D eigenvalue weighted by molar-refractivity contribution is 7.90. The van der Waals surface area contributed by atoms with Gasteiger partial charge in [0, 0.05) is 18.4 Å². The monoisotopic (exact) mass is 288 g/mol. The Labute approximate surface area is 111 Å². The molecular formula is C11H16N2O5S. The highest BCUT2D eigenvalue weighted by atomic mass is 32.2. The van der Waals surface area contributed by atoms with Gasteiger partial charge in [-0.2, -0.15) is 0 Å². The van der Waals surface area contributed by atoms with Crippen molar-refractivity contribution in [3.05, 3.63) is 28.3 Å². The molecule has 0 amide bonds. The molecule has 0 saturated heterocycles. The van der Waals surface area contributed by atoms with Crippen LogP contribution in [0.2, 0.25) is 0 Å². The number of nitrogens with zero attached hydrogens (tertiary/aromatic N) is 1. The Morgan fingerprint density at radius 3 is 2.58 bits per heavy atom. The van der Waals surface area contributed by atoms with E-state index < -0.39 is 14.8 Å². The van der Waals surface area contributed by atoms with Gasteiger partial charge in [-0.15, -0.1) is 0 Å². The van der Waals surface area contributed by atoms with E-state index in [0.29, 0.717) is 11.4 Å². The number of rotatable bonds is 6. The predicted octanol–water partition coefficient (Wildman–Crippen LogP) is 1.45. The number of ether oxygens (including phenoxy) is 1. The average molecular weight is 288 g/mol. The van der Waals surface area contributed by atoms with E-state index in [2.05, 4.69) is 5.32 Å². The van der Waals surface area contributed by atoms with Crippen molar-refractivity contribution in [3.8, 4) is 5.75 Å². The molecule has 7 nitrogen and oxygen atoms in total. The smallest absolute Gasteiger partial charge is 0.273 e. The topological polar surface area (TPSA) is 98.5 Å². The van der Waals surface area contributed by atoms with E-state index in [-0.39, 0.29) is 17.5 Å². The molecule has 0 saturated carbocycles. The Bertz CT molecular complexity index is 570. The molecule has 1 aromatic rings. The van der Waals surface area contributed by atoms with Gasteiger partial charge in [-0.05, 0) is 13.0 Å². The lowest BCUT2D eigenvalue weighted by Gasteiger charge is -2.16. The fourth-order valence-electron chi connectivity index (χ4n) is 1.67. The number of sulfone groups is 1. The summed E-state index contributed by atoms with van der Waals surface area (Å²) in [4.78, 5) is 10.1. The third kappa shape index (κ3) is 4.74. The van der Waals surface area contributed by atoms with Gasteiger partial charge in [0.05, 0.1) is 29.5 Å². The molecule has 1 aromatic carbocycles. The summed E-state index contributed by atoms with van der Waals surface area (Å²) in [5.74, 6) is 0.266. The molecule has 0 aromatic heterocycles. The highest BCUT2D eigenvalue weighted by Crippen LogP contribution is 2.29. The molecule has 1 N–H and O–H groups in total. The summed E-state index contributed by atoms with van der Waals surface area (Å²) in [5.41, 5.74) is 0.433. The maximum Gasteiger partial charge on any atom is 0.273 e. The van der Waals surface area contributed by atoms with E-state index in [1.54, 1.807) is 6.92 Å². The number of nitro groups is 1. The first-order valence-electron chi connectivity index (χ1n) is 5.49. The minimum absolute atomic E-state index is 0.0346. The number of non-ortho nitro benzene ring substituents is 1. The summed E-state index contributed by atoms with van der Waals surface area (Å²) < 4.78 is 27.4. The van der Waals surface area contributed by atoms with E-state index in [1.807, 2.05) is 0 Å². The van der Waals surface area contributed by atoms with Gasteiger partial charge in [0.1, 0.15) is 15.6 Å². The second kappa shape index (κ2) is 5.87. The van der Waals surface area contributed by atoms with Crippen LogP contribution < -0.4 is 10.1 Å². The van der Waals surface area contributed by atoms with Gasteiger partial charge >= 0.3 is 0 Å². The third-order valence-electron chi connectivity index (χ3n) is 2.35. The Balaban J connectivity index is 2.92. The standard InChI is InChI=1S/C11H16N2O5S/c1-8(7-19(3,16)17)12-10-5-4-9(13(14)15)6-11(10)18-2/h4-6,8,12H,7H2,1-3H3. The van der Waals surface area contributed by atoms with E-state index in [4.69, 9.17) is 4.74 Å². The van der Waals surface area contributed by atoms with Gasteiger partial charge in [0.2, 0.25) is 0 Å². The van der Waals surface area contributed by atoms with Gasteiger partial charge in [-0.3, -0.25) is 10.1 Å². The molecule has 0 aliphatic rings. The molecule has 1 unspecified atom stereocenters. The Morgan fingerprint density at radius 2 is 2.11 bits per heavy atom. The fraction of sp³-hybridized carbons (Fsp3) is 0.455. The van der Waals surface area contributed by atoms with Crippen LogP contribution >= 0.6 is 0 Å². The zero-order chi connectivity index (χ0) is 14.6. The lowest BCUT2D eigenvalue weighted by atomic mass is 10.2. The molecule has 0 spiro atoms. The Kier molecular flexibility index (Phi) is 4.71. The van der Waals surface area contributed by atoms with Crippen molar-refractivity contribution in [2.75, 3.05) is 24.4 Å². The first-order chi connectivity index (χ1) is 8.73. The van der Waals surface area contributed by atoms with Crippen LogP contribution in [-0.4, -0.2) is 38.5 Å². The van der Waals surface area contributed by atoms with E-state index >= 15 is 0 Å². The zero-order valence-corrected chi connectivity index (χ0v) is 11.7. The highest BCUT2D eigenvalue weighted by Gasteiger charge is 2.15. The number of methoxy groups -OCH3 is 1. The second-order valence-electron chi connectivity index (χ2n) is 4.28. The van der Waals surface area contributed by atoms with Crippen LogP contribution in [0.25, 0.3) is 0 Å². The van der Waals surface area contributed by atoms with Crippen LogP contribution in [0.1, 0.15) is 6.92 Å². The zero-order valence-electron chi connectivity index (χ0n) is 10.9. The lowest BCUT2D eigenvalue weighted by molar-refractivity contribution is -0.384. The molecule has 0 bridgehead atoms. The summed E-state index contributed by atoms with van der Waals surface area (Å²) in [6.45, 7) is 1.71. The number of benzene rings is 1. The van der Waals surface area contributed by atoms with Crippen LogP contribution in [0.15, 0.2) is 18.2 Å². The van der Waals surface area contributed by atoms with Crippen LogP contribution in [-0.2, 0) is 9.84 Å². The second-order valence-corrected chi connectivity index (χ2v) is 6.46. The van der Waals surface area contributed by atoms with Gasteiger partial charge in [0.25, 0.3) is 5.69 Å². The maximum absolute atomic E-state index is 11.2. The van der Waals surface area contributed by atoms with Crippen molar-refractivity contribution in [3.63, 3.8) is 0 Å². The normalized spacial score (nSPS) is 12.8. The van der Waals surface area contributed by atoms with E-state index in [1.165, 1.54) is 25.3 Å².